The van der Waals surface area contributed by atoms with Crippen molar-refractivity contribution >= 4 is 17.6 Å². The molecule has 4 rings (SSSR count). The maximum atomic E-state index is 13.1. The van der Waals surface area contributed by atoms with Crippen LogP contribution in [0.15, 0.2) is 48.5 Å². The molecule has 25 heavy (non-hydrogen) atoms. The molecule has 128 valence electrons. The topological polar surface area (TPSA) is 76.1 Å². The fraction of sp³-hybridized carbons (Fsp3) is 0.263. The third-order valence-electron chi connectivity index (χ3n) is 4.54. The van der Waals surface area contributed by atoms with E-state index in [-0.39, 0.29) is 25.0 Å². The first-order valence-corrected chi connectivity index (χ1v) is 8.14. The second-order valence-electron chi connectivity index (χ2n) is 6.18. The van der Waals surface area contributed by atoms with Crippen LogP contribution in [0.4, 0.5) is 5.69 Å². The molecule has 0 fully saturated rings. The number of anilines is 1. The molecule has 0 saturated carbocycles. The summed E-state index contributed by atoms with van der Waals surface area (Å²) in [6, 6.07) is 14.7. The predicted octanol–water partition coefficient (Wildman–Crippen LogP) is 2.12. The largest absolute Gasteiger partial charge is 0.492 e. The van der Waals surface area contributed by atoms with Gasteiger partial charge < -0.3 is 19.5 Å². The summed E-state index contributed by atoms with van der Waals surface area (Å²) < 4.78 is 11.2. The molecule has 0 spiro atoms. The van der Waals surface area contributed by atoms with E-state index in [1.165, 1.54) is 4.90 Å². The number of aliphatic carboxylic acids is 1. The smallest absolute Gasteiger partial charge is 0.346 e. The van der Waals surface area contributed by atoms with Gasteiger partial charge in [-0.15, -0.1) is 0 Å². The Hall–Kier alpha value is -3.02. The molecule has 6 heteroatoms. The summed E-state index contributed by atoms with van der Waals surface area (Å²) in [4.78, 5) is 26.0. The zero-order chi connectivity index (χ0) is 17.4. The van der Waals surface area contributed by atoms with Crippen LogP contribution in [0, 0.1) is 5.92 Å². The highest BCUT2D eigenvalue weighted by Crippen LogP contribution is 2.35. The van der Waals surface area contributed by atoms with Gasteiger partial charge in [0.2, 0.25) is 12.0 Å². The van der Waals surface area contributed by atoms with Crippen LogP contribution in [0.1, 0.15) is 5.56 Å². The molecule has 2 aromatic rings. The predicted molar refractivity (Wildman–Crippen MR) is 90.0 cm³/mol. The lowest BCUT2D eigenvalue weighted by Gasteiger charge is -2.36. The number of hydrogen-bond donors (Lipinski definition) is 1. The molecule has 2 atom stereocenters. The summed E-state index contributed by atoms with van der Waals surface area (Å²) in [6.07, 6.45) is -0.498. The van der Waals surface area contributed by atoms with Gasteiger partial charge in [0, 0.05) is 0 Å². The highest BCUT2D eigenvalue weighted by Gasteiger charge is 2.37. The summed E-state index contributed by atoms with van der Waals surface area (Å²) in [7, 11) is 0. The van der Waals surface area contributed by atoms with E-state index in [2.05, 4.69) is 0 Å². The van der Waals surface area contributed by atoms with Crippen molar-refractivity contribution in [1.82, 2.24) is 0 Å². The molecule has 1 N–H and O–H groups in total. The van der Waals surface area contributed by atoms with Gasteiger partial charge in [0.1, 0.15) is 18.1 Å². The number of carbonyl (C=O) groups excluding carboxylic acids is 1. The third kappa shape index (κ3) is 2.80. The first-order chi connectivity index (χ1) is 12.1. The first kappa shape index (κ1) is 15.5. The molecule has 0 unspecified atom stereocenters. The van der Waals surface area contributed by atoms with E-state index < -0.39 is 12.1 Å². The van der Waals surface area contributed by atoms with Crippen molar-refractivity contribution in [3.63, 3.8) is 0 Å². The highest BCUT2D eigenvalue weighted by atomic mass is 16.5. The van der Waals surface area contributed by atoms with Crippen LogP contribution in [0.5, 0.6) is 11.5 Å². The molecule has 2 aromatic carbocycles. The quantitative estimate of drug-likeness (QED) is 0.907. The van der Waals surface area contributed by atoms with E-state index in [4.69, 9.17) is 9.47 Å². The molecule has 6 nitrogen and oxygen atoms in total. The van der Waals surface area contributed by atoms with Gasteiger partial charge in [0.25, 0.3) is 0 Å². The molecule has 0 aromatic heterocycles. The number of carboxylic acid groups (broad SMARTS) is 1. The highest BCUT2D eigenvalue weighted by molar-refractivity contribution is 5.98. The summed E-state index contributed by atoms with van der Waals surface area (Å²) in [5.41, 5.74) is 1.59. The summed E-state index contributed by atoms with van der Waals surface area (Å²) in [5, 5.41) is 9.32. The second-order valence-corrected chi connectivity index (χ2v) is 6.18. The summed E-state index contributed by atoms with van der Waals surface area (Å²) in [6.45, 7) is 0.274. The monoisotopic (exact) mass is 339 g/mol. The number of fused-ring (bicyclic) bond motifs is 2. The van der Waals surface area contributed by atoms with Gasteiger partial charge >= 0.3 is 5.97 Å². The average molecular weight is 339 g/mol. The fourth-order valence-corrected chi connectivity index (χ4v) is 3.28. The maximum Gasteiger partial charge on any atom is 0.346 e. The standard InChI is InChI=1S/C19H17NO5/c21-18(13-9-12-5-1-3-7-15(12)24-11-13)20-10-17(19(22)23)25-16-8-4-2-6-14(16)20/h1-8,13,17H,9-11H2,(H,22,23)/t13-,17+/m0/s1. The average Bonchev–Trinajstić information content (AvgIpc) is 2.66. The Labute approximate surface area is 144 Å². The van der Waals surface area contributed by atoms with E-state index >= 15 is 0 Å². The molecule has 2 aliphatic rings. The summed E-state index contributed by atoms with van der Waals surface area (Å²) in [5.74, 6) is -0.367. The Kier molecular flexibility index (Phi) is 3.80. The van der Waals surface area contributed by atoms with Crippen LogP contribution in [0.2, 0.25) is 0 Å². The zero-order valence-electron chi connectivity index (χ0n) is 13.4. The van der Waals surface area contributed by atoms with Crippen molar-refractivity contribution in [2.24, 2.45) is 5.92 Å². The van der Waals surface area contributed by atoms with Crippen LogP contribution < -0.4 is 14.4 Å². The normalized spacial score (nSPS) is 21.4. The van der Waals surface area contributed by atoms with Crippen molar-refractivity contribution < 1.29 is 24.2 Å². The van der Waals surface area contributed by atoms with E-state index in [1.807, 2.05) is 24.3 Å². The molecule has 2 aliphatic heterocycles. The molecular formula is C19H17NO5. The second kappa shape index (κ2) is 6.12. The molecular weight excluding hydrogens is 322 g/mol. The zero-order valence-corrected chi connectivity index (χ0v) is 13.4. The number of nitrogens with zero attached hydrogens (tertiary/aromatic N) is 1. The van der Waals surface area contributed by atoms with Gasteiger partial charge in [-0.25, -0.2) is 4.79 Å². The van der Waals surface area contributed by atoms with Gasteiger partial charge in [-0.05, 0) is 30.2 Å². The Bertz CT molecular complexity index is 834. The van der Waals surface area contributed by atoms with Crippen molar-refractivity contribution in [3.8, 4) is 11.5 Å². The van der Waals surface area contributed by atoms with Gasteiger partial charge in [0.15, 0.2) is 0 Å². The van der Waals surface area contributed by atoms with Gasteiger partial charge in [-0.2, -0.15) is 0 Å². The van der Waals surface area contributed by atoms with Crippen molar-refractivity contribution in [2.75, 3.05) is 18.1 Å². The van der Waals surface area contributed by atoms with Crippen molar-refractivity contribution in [2.45, 2.75) is 12.5 Å². The van der Waals surface area contributed by atoms with E-state index in [0.717, 1.165) is 11.3 Å². The number of amides is 1. The van der Waals surface area contributed by atoms with Gasteiger partial charge in [0.05, 0.1) is 18.2 Å². The van der Waals surface area contributed by atoms with Crippen LogP contribution >= 0.6 is 0 Å². The van der Waals surface area contributed by atoms with E-state index in [1.54, 1.807) is 24.3 Å². The van der Waals surface area contributed by atoms with E-state index in [0.29, 0.717) is 17.9 Å². The molecule has 0 saturated heterocycles. The number of benzene rings is 2. The van der Waals surface area contributed by atoms with E-state index in [9.17, 15) is 14.7 Å². The molecule has 2 heterocycles. The number of carboxylic acids is 1. The lowest BCUT2D eigenvalue weighted by atomic mass is 9.95. The fourth-order valence-electron chi connectivity index (χ4n) is 3.28. The number of ether oxygens (including phenoxy) is 2. The SMILES string of the molecule is O=C(O)[C@H]1CN(C(=O)[C@@H]2COc3ccccc3C2)c2ccccc2O1. The lowest BCUT2D eigenvalue weighted by Crippen LogP contribution is -2.50. The third-order valence-corrected chi connectivity index (χ3v) is 4.54. The Morgan fingerprint density at radius 2 is 1.76 bits per heavy atom. The van der Waals surface area contributed by atoms with Crippen LogP contribution in [0.3, 0.4) is 0 Å². The van der Waals surface area contributed by atoms with Crippen LogP contribution in [-0.2, 0) is 16.0 Å². The maximum absolute atomic E-state index is 13.1. The molecule has 0 aliphatic carbocycles. The molecule has 0 bridgehead atoms. The Morgan fingerprint density at radius 1 is 1.04 bits per heavy atom. The Balaban J connectivity index is 1.62. The number of carbonyl (C=O) groups is 2. The van der Waals surface area contributed by atoms with Crippen LogP contribution in [0.25, 0.3) is 0 Å². The number of para-hydroxylation sites is 3. The minimum atomic E-state index is -1.09. The minimum absolute atomic E-state index is 0.0106. The van der Waals surface area contributed by atoms with Gasteiger partial charge in [-0.3, -0.25) is 4.79 Å². The summed E-state index contributed by atoms with van der Waals surface area (Å²) >= 11 is 0. The number of rotatable bonds is 2. The lowest BCUT2D eigenvalue weighted by molar-refractivity contribution is -0.145. The molecule has 0 radical (unpaired) electrons. The Morgan fingerprint density at radius 3 is 2.56 bits per heavy atom. The minimum Gasteiger partial charge on any atom is -0.492 e. The van der Waals surface area contributed by atoms with Gasteiger partial charge in [-0.1, -0.05) is 30.3 Å². The van der Waals surface area contributed by atoms with Crippen LogP contribution in [-0.4, -0.2) is 36.2 Å². The number of hydrogen-bond acceptors (Lipinski definition) is 4. The van der Waals surface area contributed by atoms with Crippen molar-refractivity contribution in [3.05, 3.63) is 54.1 Å². The first-order valence-electron chi connectivity index (χ1n) is 8.14. The molecule has 1 amide bonds. The van der Waals surface area contributed by atoms with Crippen molar-refractivity contribution in [1.29, 1.82) is 0 Å².